The predicted molar refractivity (Wildman–Crippen MR) is 122 cm³/mol. The predicted octanol–water partition coefficient (Wildman–Crippen LogP) is 5.10. The van der Waals surface area contributed by atoms with Crippen molar-refractivity contribution < 1.29 is 4.79 Å². The highest BCUT2D eigenvalue weighted by molar-refractivity contribution is 7.98. The van der Waals surface area contributed by atoms with Crippen LogP contribution in [-0.2, 0) is 0 Å². The van der Waals surface area contributed by atoms with E-state index in [1.54, 1.807) is 18.0 Å². The normalized spacial score (nSPS) is 15.0. The molecule has 4 aromatic rings. The second-order valence-corrected chi connectivity index (χ2v) is 8.46. The van der Waals surface area contributed by atoms with E-state index in [0.717, 1.165) is 42.3 Å². The smallest absolute Gasteiger partial charge is 0.253 e. The average molecular weight is 417 g/mol. The highest BCUT2D eigenvalue weighted by Crippen LogP contribution is 2.33. The number of hydrogen-bond donors (Lipinski definition) is 1. The minimum Gasteiger partial charge on any atom is -0.361 e. The highest BCUT2D eigenvalue weighted by atomic mass is 32.2. The molecular formula is C24H24N4OS. The van der Waals surface area contributed by atoms with Crippen LogP contribution in [-0.4, -0.2) is 44.7 Å². The number of amides is 1. The number of nitrogens with one attached hydrogen (secondary N) is 1. The molecule has 0 saturated carbocycles. The maximum Gasteiger partial charge on any atom is 0.253 e. The molecule has 1 fully saturated rings. The van der Waals surface area contributed by atoms with Gasteiger partial charge >= 0.3 is 0 Å². The summed E-state index contributed by atoms with van der Waals surface area (Å²) in [6, 6.07) is 16.3. The lowest BCUT2D eigenvalue weighted by Gasteiger charge is -2.32. The Hall–Kier alpha value is -2.99. The Balaban J connectivity index is 1.31. The van der Waals surface area contributed by atoms with Gasteiger partial charge in [0.1, 0.15) is 0 Å². The van der Waals surface area contributed by atoms with Crippen molar-refractivity contribution in [2.75, 3.05) is 19.3 Å². The molecule has 1 amide bonds. The number of thioether (sulfide) groups is 1. The Bertz CT molecular complexity index is 1190. The number of benzene rings is 2. The number of rotatable bonds is 4. The molecule has 152 valence electrons. The Labute approximate surface area is 180 Å². The van der Waals surface area contributed by atoms with Crippen molar-refractivity contribution in [1.29, 1.82) is 0 Å². The summed E-state index contributed by atoms with van der Waals surface area (Å²) in [7, 11) is 0. The third-order valence-electron chi connectivity index (χ3n) is 6.00. The number of nitrogens with zero attached hydrogens (tertiary/aromatic N) is 3. The van der Waals surface area contributed by atoms with Gasteiger partial charge in [-0.3, -0.25) is 9.36 Å². The second-order valence-electron chi connectivity index (χ2n) is 7.69. The van der Waals surface area contributed by atoms with Gasteiger partial charge in [-0.15, -0.1) is 0 Å². The topological polar surface area (TPSA) is 53.9 Å². The minimum absolute atomic E-state index is 0.111. The van der Waals surface area contributed by atoms with E-state index in [1.165, 1.54) is 16.5 Å². The largest absolute Gasteiger partial charge is 0.361 e. The quantitative estimate of drug-likeness (QED) is 0.471. The fourth-order valence-electron chi connectivity index (χ4n) is 4.43. The monoisotopic (exact) mass is 416 g/mol. The fourth-order valence-corrected chi connectivity index (χ4v) is 4.96. The number of fused-ring (bicyclic) bond motifs is 1. The summed E-state index contributed by atoms with van der Waals surface area (Å²) in [6.45, 7) is 1.57. The average Bonchev–Trinajstić information content (AvgIpc) is 3.46. The van der Waals surface area contributed by atoms with Crippen LogP contribution in [0.2, 0.25) is 0 Å². The van der Waals surface area contributed by atoms with Crippen molar-refractivity contribution in [2.24, 2.45) is 0 Å². The minimum atomic E-state index is 0.111. The van der Waals surface area contributed by atoms with Crippen molar-refractivity contribution in [1.82, 2.24) is 19.4 Å². The van der Waals surface area contributed by atoms with E-state index in [4.69, 9.17) is 0 Å². The molecule has 0 radical (unpaired) electrons. The Morgan fingerprint density at radius 1 is 1.13 bits per heavy atom. The van der Waals surface area contributed by atoms with Crippen LogP contribution < -0.4 is 0 Å². The third kappa shape index (κ3) is 3.41. The van der Waals surface area contributed by atoms with E-state index >= 15 is 0 Å². The summed E-state index contributed by atoms with van der Waals surface area (Å²) >= 11 is 1.59. The Kier molecular flexibility index (Phi) is 5.09. The zero-order chi connectivity index (χ0) is 20.5. The zero-order valence-electron chi connectivity index (χ0n) is 16.9. The molecule has 5 rings (SSSR count). The van der Waals surface area contributed by atoms with Crippen LogP contribution in [0, 0.1) is 0 Å². The van der Waals surface area contributed by atoms with Crippen LogP contribution in [0.25, 0.3) is 16.6 Å². The summed E-state index contributed by atoms with van der Waals surface area (Å²) in [4.78, 5) is 22.9. The summed E-state index contributed by atoms with van der Waals surface area (Å²) < 4.78 is 2.02. The number of carbonyl (C=O) groups is 1. The molecule has 0 aliphatic carbocycles. The van der Waals surface area contributed by atoms with Crippen molar-refractivity contribution >= 4 is 28.6 Å². The summed E-state index contributed by atoms with van der Waals surface area (Å²) in [5, 5.41) is 2.22. The number of carbonyl (C=O) groups excluding carboxylic acids is 1. The summed E-state index contributed by atoms with van der Waals surface area (Å²) in [5.74, 6) is 0.603. The number of likely N-dealkylation sites (tertiary alicyclic amines) is 1. The molecule has 2 aromatic carbocycles. The highest BCUT2D eigenvalue weighted by Gasteiger charge is 2.26. The van der Waals surface area contributed by atoms with Gasteiger partial charge in [0.15, 0.2) is 5.16 Å². The van der Waals surface area contributed by atoms with Crippen LogP contribution >= 0.6 is 11.8 Å². The van der Waals surface area contributed by atoms with Crippen LogP contribution in [0.1, 0.15) is 34.7 Å². The lowest BCUT2D eigenvalue weighted by atomic mass is 9.89. The van der Waals surface area contributed by atoms with Gasteiger partial charge in [0.25, 0.3) is 5.91 Å². The maximum atomic E-state index is 13.2. The number of piperidine rings is 1. The lowest BCUT2D eigenvalue weighted by Crippen LogP contribution is -2.37. The first-order chi connectivity index (χ1) is 14.7. The third-order valence-corrected chi connectivity index (χ3v) is 6.67. The molecule has 1 aliphatic rings. The van der Waals surface area contributed by atoms with Crippen LogP contribution in [0.3, 0.4) is 0 Å². The summed E-state index contributed by atoms with van der Waals surface area (Å²) in [5.41, 5.74) is 4.27. The number of aromatic amines is 1. The van der Waals surface area contributed by atoms with Gasteiger partial charge < -0.3 is 9.88 Å². The molecule has 1 aliphatic heterocycles. The molecule has 0 unspecified atom stereocenters. The van der Waals surface area contributed by atoms with E-state index in [2.05, 4.69) is 40.4 Å². The van der Waals surface area contributed by atoms with E-state index in [1.807, 2.05) is 46.2 Å². The molecule has 5 nitrogen and oxygen atoms in total. The van der Waals surface area contributed by atoms with Crippen molar-refractivity contribution in [2.45, 2.75) is 23.9 Å². The zero-order valence-corrected chi connectivity index (χ0v) is 17.7. The molecule has 0 spiro atoms. The number of para-hydroxylation sites is 1. The molecule has 2 aromatic heterocycles. The first-order valence-corrected chi connectivity index (χ1v) is 11.5. The Morgan fingerprint density at radius 2 is 1.97 bits per heavy atom. The van der Waals surface area contributed by atoms with Crippen molar-refractivity contribution in [3.05, 3.63) is 78.2 Å². The van der Waals surface area contributed by atoms with E-state index < -0.39 is 0 Å². The number of H-pyrrole nitrogens is 1. The molecule has 30 heavy (non-hydrogen) atoms. The van der Waals surface area contributed by atoms with E-state index in [9.17, 15) is 4.79 Å². The van der Waals surface area contributed by atoms with Gasteiger partial charge in [-0.05, 0) is 54.8 Å². The van der Waals surface area contributed by atoms with Gasteiger partial charge in [-0.2, -0.15) is 0 Å². The SMILES string of the molecule is CSc1nccn1-c1cccc(C(=O)N2CCC(c3c[nH]c4ccccc34)CC2)c1. The van der Waals surface area contributed by atoms with E-state index in [-0.39, 0.29) is 5.91 Å². The summed E-state index contributed by atoms with van der Waals surface area (Å²) in [6.07, 6.45) is 9.85. The molecule has 1 N–H and O–H groups in total. The number of imidazole rings is 1. The molecular weight excluding hydrogens is 392 g/mol. The fraction of sp³-hybridized carbons (Fsp3) is 0.250. The van der Waals surface area contributed by atoms with Gasteiger partial charge in [0.05, 0.1) is 0 Å². The van der Waals surface area contributed by atoms with Crippen molar-refractivity contribution in [3.63, 3.8) is 0 Å². The first-order valence-electron chi connectivity index (χ1n) is 10.3. The lowest BCUT2D eigenvalue weighted by molar-refractivity contribution is 0.0713. The van der Waals surface area contributed by atoms with Gasteiger partial charge in [0.2, 0.25) is 0 Å². The van der Waals surface area contributed by atoms with Crippen molar-refractivity contribution in [3.8, 4) is 5.69 Å². The number of aromatic nitrogens is 3. The van der Waals surface area contributed by atoms with Gasteiger partial charge in [-0.1, -0.05) is 36.0 Å². The van der Waals surface area contributed by atoms with Crippen LogP contribution in [0.4, 0.5) is 0 Å². The molecule has 6 heteroatoms. The molecule has 1 saturated heterocycles. The van der Waals surface area contributed by atoms with Gasteiger partial charge in [-0.25, -0.2) is 4.98 Å². The first kappa shape index (κ1) is 19.0. The number of hydrogen-bond acceptors (Lipinski definition) is 3. The van der Waals surface area contributed by atoms with Gasteiger partial charge in [0, 0.05) is 53.8 Å². The van der Waals surface area contributed by atoms with E-state index in [0.29, 0.717) is 5.92 Å². The second kappa shape index (κ2) is 8.03. The van der Waals surface area contributed by atoms with Crippen LogP contribution in [0.5, 0.6) is 0 Å². The molecule has 0 bridgehead atoms. The standard InChI is InChI=1S/C24H24N4OS/c1-30-24-25-11-14-28(24)19-6-4-5-18(15-19)23(29)27-12-9-17(10-13-27)21-16-26-22-8-3-2-7-20(21)22/h2-8,11,14-17,26H,9-10,12-13H2,1H3. The Morgan fingerprint density at radius 3 is 2.80 bits per heavy atom. The molecule has 3 heterocycles. The van der Waals surface area contributed by atoms with Crippen LogP contribution in [0.15, 0.2) is 72.3 Å². The maximum absolute atomic E-state index is 13.2. The molecule has 0 atom stereocenters.